The molecule has 3 aromatic rings. The van der Waals surface area contributed by atoms with Crippen LogP contribution in [0.2, 0.25) is 0 Å². The van der Waals surface area contributed by atoms with Gasteiger partial charge in [0, 0.05) is 31.4 Å². The van der Waals surface area contributed by atoms with Crippen LogP contribution in [0.1, 0.15) is 16.9 Å². The van der Waals surface area contributed by atoms with Crippen LogP contribution in [0.4, 0.5) is 11.5 Å². The number of carbonyl (C=O) groups is 1. The van der Waals surface area contributed by atoms with Crippen molar-refractivity contribution in [1.29, 1.82) is 0 Å². The average molecular weight is 468 g/mol. The van der Waals surface area contributed by atoms with E-state index in [1.54, 1.807) is 37.5 Å². The molecule has 1 fully saturated rings. The largest absolute Gasteiger partial charge is 0.382 e. The Labute approximate surface area is 192 Å². The van der Waals surface area contributed by atoms with E-state index in [0.717, 1.165) is 13.0 Å². The summed E-state index contributed by atoms with van der Waals surface area (Å²) in [5.74, 6) is -0.528. The standard InChI is InChI=1S/C22H25N7O3S/c1-28-11-9-17(14-28)29(2)33(31,32)18-7-5-15(6-8-18)19-13-25-21(23)20(27-19)22(30)26-16-4-3-10-24-12-16/h3-8,10,12-13,17H,9,11,14H2,1-2H3,(H2,23,25)(H,26,30). The number of benzene rings is 1. The quantitative estimate of drug-likeness (QED) is 0.559. The molecule has 10 nitrogen and oxygen atoms in total. The lowest BCUT2D eigenvalue weighted by Crippen LogP contribution is -2.38. The van der Waals surface area contributed by atoms with E-state index in [9.17, 15) is 13.2 Å². The number of carbonyl (C=O) groups excluding carboxylic acids is 1. The van der Waals surface area contributed by atoms with Crippen LogP contribution < -0.4 is 11.1 Å². The molecule has 11 heteroatoms. The van der Waals surface area contributed by atoms with Crippen molar-refractivity contribution in [3.63, 3.8) is 0 Å². The molecule has 0 aliphatic carbocycles. The molecule has 4 rings (SSSR count). The summed E-state index contributed by atoms with van der Waals surface area (Å²) in [6.07, 6.45) is 5.35. The number of anilines is 2. The van der Waals surface area contributed by atoms with Crippen molar-refractivity contribution >= 4 is 27.4 Å². The van der Waals surface area contributed by atoms with E-state index in [4.69, 9.17) is 5.73 Å². The molecule has 1 aliphatic rings. The molecule has 172 valence electrons. The topological polar surface area (TPSA) is 134 Å². The number of nitrogen functional groups attached to an aromatic ring is 1. The number of aromatic nitrogens is 3. The number of nitrogens with one attached hydrogen (secondary N) is 1. The molecule has 3 N–H and O–H groups in total. The highest BCUT2D eigenvalue weighted by Gasteiger charge is 2.32. The lowest BCUT2D eigenvalue weighted by Gasteiger charge is -2.23. The van der Waals surface area contributed by atoms with Crippen molar-refractivity contribution in [3.05, 3.63) is 60.7 Å². The van der Waals surface area contributed by atoms with Crippen LogP contribution in [0.3, 0.4) is 0 Å². The highest BCUT2D eigenvalue weighted by Crippen LogP contribution is 2.25. The zero-order valence-corrected chi connectivity index (χ0v) is 19.2. The van der Waals surface area contributed by atoms with Crippen LogP contribution in [0.15, 0.2) is 59.9 Å². The van der Waals surface area contributed by atoms with Gasteiger partial charge in [0.25, 0.3) is 5.91 Å². The number of hydrogen-bond donors (Lipinski definition) is 2. The Morgan fingerprint density at radius 1 is 1.21 bits per heavy atom. The first kappa shape index (κ1) is 22.8. The van der Waals surface area contributed by atoms with Crippen molar-refractivity contribution in [2.45, 2.75) is 17.4 Å². The van der Waals surface area contributed by atoms with E-state index >= 15 is 0 Å². The van der Waals surface area contributed by atoms with E-state index < -0.39 is 15.9 Å². The van der Waals surface area contributed by atoms with Crippen molar-refractivity contribution in [2.75, 3.05) is 38.2 Å². The summed E-state index contributed by atoms with van der Waals surface area (Å²) in [5.41, 5.74) is 7.35. The van der Waals surface area contributed by atoms with E-state index in [0.29, 0.717) is 23.5 Å². The molecule has 33 heavy (non-hydrogen) atoms. The van der Waals surface area contributed by atoms with Gasteiger partial charge in [-0.2, -0.15) is 4.31 Å². The number of sulfonamides is 1. The molecule has 3 heterocycles. The SMILES string of the molecule is CN1CCC(N(C)S(=O)(=O)c2ccc(-c3cnc(N)c(C(=O)Nc4cccnc4)n3)cc2)C1. The van der Waals surface area contributed by atoms with Gasteiger partial charge in [-0.05, 0) is 44.3 Å². The van der Waals surface area contributed by atoms with Gasteiger partial charge in [0.1, 0.15) is 0 Å². The fraction of sp³-hybridized carbons (Fsp3) is 0.273. The maximum Gasteiger partial charge on any atom is 0.278 e. The number of pyridine rings is 1. The van der Waals surface area contributed by atoms with Crippen LogP contribution >= 0.6 is 0 Å². The number of hydrogen-bond acceptors (Lipinski definition) is 8. The molecule has 1 saturated heterocycles. The minimum absolute atomic E-state index is 0.0116. The maximum absolute atomic E-state index is 13.0. The first-order valence-electron chi connectivity index (χ1n) is 10.4. The molecule has 0 saturated carbocycles. The lowest BCUT2D eigenvalue weighted by atomic mass is 10.1. The van der Waals surface area contributed by atoms with Crippen LogP contribution in [-0.2, 0) is 10.0 Å². The number of likely N-dealkylation sites (N-methyl/N-ethyl adjacent to an activating group) is 2. The number of likely N-dealkylation sites (tertiary alicyclic amines) is 1. The molecular formula is C22H25N7O3S. The third-order valence-electron chi connectivity index (χ3n) is 5.64. The lowest BCUT2D eigenvalue weighted by molar-refractivity contribution is 0.102. The fourth-order valence-corrected chi connectivity index (χ4v) is 5.08. The van der Waals surface area contributed by atoms with Gasteiger partial charge in [0.15, 0.2) is 11.5 Å². The summed E-state index contributed by atoms with van der Waals surface area (Å²) in [7, 11) is -0.0300. The average Bonchev–Trinajstić information content (AvgIpc) is 3.25. The van der Waals surface area contributed by atoms with Gasteiger partial charge in [0.05, 0.1) is 28.7 Å². The zero-order chi connectivity index (χ0) is 23.6. The Morgan fingerprint density at radius 2 is 1.97 bits per heavy atom. The monoisotopic (exact) mass is 467 g/mol. The van der Waals surface area contributed by atoms with E-state index in [1.807, 2.05) is 7.05 Å². The van der Waals surface area contributed by atoms with Gasteiger partial charge >= 0.3 is 0 Å². The smallest absolute Gasteiger partial charge is 0.278 e. The third-order valence-corrected chi connectivity index (χ3v) is 7.57. The third kappa shape index (κ3) is 4.85. The summed E-state index contributed by atoms with van der Waals surface area (Å²) >= 11 is 0. The predicted molar refractivity (Wildman–Crippen MR) is 125 cm³/mol. The summed E-state index contributed by atoms with van der Waals surface area (Å²) in [6, 6.07) is 9.69. The second-order valence-corrected chi connectivity index (χ2v) is 9.93. The van der Waals surface area contributed by atoms with Gasteiger partial charge < -0.3 is 16.0 Å². The Hall–Kier alpha value is -3.41. The van der Waals surface area contributed by atoms with E-state index in [1.165, 1.54) is 28.8 Å². The molecule has 1 unspecified atom stereocenters. The first-order valence-corrected chi connectivity index (χ1v) is 11.8. The highest BCUT2D eigenvalue weighted by molar-refractivity contribution is 7.89. The van der Waals surface area contributed by atoms with Crippen LogP contribution in [0, 0.1) is 0 Å². The molecule has 0 spiro atoms. The summed E-state index contributed by atoms with van der Waals surface area (Å²) in [5, 5.41) is 2.68. The Bertz CT molecular complexity index is 1250. The van der Waals surface area contributed by atoms with Crippen molar-refractivity contribution in [3.8, 4) is 11.3 Å². The summed E-state index contributed by atoms with van der Waals surface area (Å²) in [4.78, 5) is 27.3. The minimum atomic E-state index is -3.63. The van der Waals surface area contributed by atoms with Gasteiger partial charge in [0.2, 0.25) is 10.0 Å². The second-order valence-electron chi connectivity index (χ2n) is 7.94. The van der Waals surface area contributed by atoms with E-state index in [-0.39, 0.29) is 22.4 Å². The zero-order valence-electron chi connectivity index (χ0n) is 18.3. The number of amides is 1. The van der Waals surface area contributed by atoms with Crippen LogP contribution in [-0.4, -0.2) is 71.7 Å². The number of nitrogens with zero attached hydrogens (tertiary/aromatic N) is 5. The number of nitrogens with two attached hydrogens (primary N) is 1. The molecule has 1 aromatic carbocycles. The van der Waals surface area contributed by atoms with Gasteiger partial charge in [-0.3, -0.25) is 9.78 Å². The van der Waals surface area contributed by atoms with Gasteiger partial charge in [-0.25, -0.2) is 18.4 Å². The van der Waals surface area contributed by atoms with Gasteiger partial charge in [-0.1, -0.05) is 12.1 Å². The first-order chi connectivity index (χ1) is 15.8. The maximum atomic E-state index is 13.0. The Morgan fingerprint density at radius 3 is 2.61 bits per heavy atom. The van der Waals surface area contributed by atoms with Crippen LogP contribution in [0.25, 0.3) is 11.3 Å². The molecular weight excluding hydrogens is 442 g/mol. The molecule has 1 amide bonds. The molecule has 1 aliphatic heterocycles. The van der Waals surface area contributed by atoms with Gasteiger partial charge in [-0.15, -0.1) is 0 Å². The fourth-order valence-electron chi connectivity index (χ4n) is 3.70. The molecule has 1 atom stereocenters. The molecule has 2 aromatic heterocycles. The Kier molecular flexibility index (Phi) is 6.36. The van der Waals surface area contributed by atoms with Crippen molar-refractivity contribution in [2.24, 2.45) is 0 Å². The second kappa shape index (κ2) is 9.22. The Balaban J connectivity index is 1.55. The normalized spacial score (nSPS) is 16.8. The number of rotatable bonds is 6. The van der Waals surface area contributed by atoms with E-state index in [2.05, 4.69) is 25.2 Å². The molecule has 0 bridgehead atoms. The summed E-state index contributed by atoms with van der Waals surface area (Å²) in [6.45, 7) is 1.58. The molecule has 0 radical (unpaired) electrons. The summed E-state index contributed by atoms with van der Waals surface area (Å²) < 4.78 is 27.5. The van der Waals surface area contributed by atoms with Crippen molar-refractivity contribution < 1.29 is 13.2 Å². The predicted octanol–water partition coefficient (Wildman–Crippen LogP) is 1.70. The minimum Gasteiger partial charge on any atom is -0.382 e. The highest BCUT2D eigenvalue weighted by atomic mass is 32.2. The van der Waals surface area contributed by atoms with Crippen molar-refractivity contribution in [1.82, 2.24) is 24.2 Å². The van der Waals surface area contributed by atoms with Crippen LogP contribution in [0.5, 0.6) is 0 Å².